The van der Waals surface area contributed by atoms with Gasteiger partial charge in [-0.15, -0.1) is 0 Å². The average molecular weight is 231 g/mol. The van der Waals surface area contributed by atoms with E-state index in [4.69, 9.17) is 10.9 Å². The fourth-order valence-corrected chi connectivity index (χ4v) is 1.51. The Morgan fingerprint density at radius 3 is 2.65 bits per heavy atom. The highest BCUT2D eigenvalue weighted by Gasteiger charge is 2.14. The summed E-state index contributed by atoms with van der Waals surface area (Å²) in [6.45, 7) is 0. The Bertz CT molecular complexity index is 522. The van der Waals surface area contributed by atoms with Gasteiger partial charge in [0, 0.05) is 29.2 Å². The van der Waals surface area contributed by atoms with E-state index < -0.39 is 5.82 Å². The van der Waals surface area contributed by atoms with E-state index in [-0.39, 0.29) is 11.3 Å². The van der Waals surface area contributed by atoms with Crippen molar-refractivity contribution in [2.24, 2.45) is 5.16 Å². The quantitative estimate of drug-likeness (QED) is 0.472. The second-order valence-corrected chi connectivity index (χ2v) is 3.39. The van der Waals surface area contributed by atoms with Crippen LogP contribution < -0.4 is 5.73 Å². The van der Waals surface area contributed by atoms with Crippen molar-refractivity contribution >= 4 is 11.4 Å². The van der Waals surface area contributed by atoms with E-state index in [1.54, 1.807) is 18.2 Å². The number of nitrogen functional groups attached to an aromatic ring is 1. The summed E-state index contributed by atoms with van der Waals surface area (Å²) in [7, 11) is 0. The number of oxime groups is 1. The van der Waals surface area contributed by atoms with Crippen LogP contribution in [0.25, 0.3) is 0 Å². The van der Waals surface area contributed by atoms with E-state index in [2.05, 4.69) is 10.1 Å². The van der Waals surface area contributed by atoms with Crippen LogP contribution in [0.3, 0.4) is 0 Å². The summed E-state index contributed by atoms with van der Waals surface area (Å²) in [5.41, 5.74) is 6.73. The molecule has 4 nitrogen and oxygen atoms in total. The molecule has 3 N–H and O–H groups in total. The van der Waals surface area contributed by atoms with Gasteiger partial charge in [-0.2, -0.15) is 0 Å². The molecule has 86 valence electrons. The number of hydrogen-bond donors (Lipinski definition) is 2. The zero-order valence-electron chi connectivity index (χ0n) is 8.84. The molecule has 0 fully saturated rings. The van der Waals surface area contributed by atoms with Crippen LogP contribution in [0, 0.1) is 5.82 Å². The predicted octanol–water partition coefficient (Wildman–Crippen LogP) is 2.03. The standard InChI is InChI=1S/C12H10FN3O/c13-10-4-2-1-3-8(10)12(16-17)9-7-15-6-5-11(9)14/h1-7,17H,(H2,14,15)/b16-12+. The van der Waals surface area contributed by atoms with Gasteiger partial charge in [0.1, 0.15) is 11.5 Å². The highest BCUT2D eigenvalue weighted by atomic mass is 19.1. The number of anilines is 1. The van der Waals surface area contributed by atoms with Crippen molar-refractivity contribution in [2.45, 2.75) is 0 Å². The molecule has 1 aromatic carbocycles. The lowest BCUT2D eigenvalue weighted by molar-refractivity contribution is 0.319. The van der Waals surface area contributed by atoms with Crippen molar-refractivity contribution in [1.82, 2.24) is 4.98 Å². The minimum absolute atomic E-state index is 0.0636. The number of aromatic nitrogens is 1. The molecule has 1 heterocycles. The third kappa shape index (κ3) is 2.08. The third-order valence-corrected chi connectivity index (χ3v) is 2.34. The molecule has 0 aliphatic carbocycles. The van der Waals surface area contributed by atoms with Gasteiger partial charge in [0.05, 0.1) is 0 Å². The van der Waals surface area contributed by atoms with E-state index >= 15 is 0 Å². The maximum atomic E-state index is 13.6. The fourth-order valence-electron chi connectivity index (χ4n) is 1.51. The van der Waals surface area contributed by atoms with Gasteiger partial charge in [0.25, 0.3) is 0 Å². The first-order valence-corrected chi connectivity index (χ1v) is 4.91. The number of benzene rings is 1. The van der Waals surface area contributed by atoms with Gasteiger partial charge in [0.2, 0.25) is 0 Å². The molecule has 17 heavy (non-hydrogen) atoms. The van der Waals surface area contributed by atoms with Crippen molar-refractivity contribution in [3.8, 4) is 0 Å². The molecular weight excluding hydrogens is 221 g/mol. The van der Waals surface area contributed by atoms with Crippen LogP contribution in [-0.2, 0) is 0 Å². The Hall–Kier alpha value is -2.43. The first kappa shape index (κ1) is 11.1. The number of halogens is 1. The lowest BCUT2D eigenvalue weighted by Crippen LogP contribution is -2.09. The lowest BCUT2D eigenvalue weighted by Gasteiger charge is -2.07. The number of nitrogens with zero attached hydrogens (tertiary/aromatic N) is 2. The van der Waals surface area contributed by atoms with E-state index in [0.717, 1.165) is 0 Å². The molecule has 0 bridgehead atoms. The molecule has 0 atom stereocenters. The zero-order chi connectivity index (χ0) is 12.3. The molecule has 0 aliphatic rings. The lowest BCUT2D eigenvalue weighted by atomic mass is 10.0. The maximum Gasteiger partial charge on any atom is 0.132 e. The van der Waals surface area contributed by atoms with Gasteiger partial charge >= 0.3 is 0 Å². The Morgan fingerprint density at radius 2 is 2.00 bits per heavy atom. The van der Waals surface area contributed by atoms with Gasteiger partial charge in [-0.3, -0.25) is 4.98 Å². The summed E-state index contributed by atoms with van der Waals surface area (Å²) in [6.07, 6.45) is 2.94. The van der Waals surface area contributed by atoms with Crippen LogP contribution in [0.15, 0.2) is 47.9 Å². The summed E-state index contributed by atoms with van der Waals surface area (Å²) < 4.78 is 13.6. The Balaban J connectivity index is 2.57. The molecule has 0 saturated carbocycles. The molecular formula is C12H10FN3O. The van der Waals surface area contributed by atoms with Crippen LogP contribution >= 0.6 is 0 Å². The highest BCUT2D eigenvalue weighted by Crippen LogP contribution is 2.18. The van der Waals surface area contributed by atoms with Crippen molar-refractivity contribution in [3.05, 3.63) is 59.7 Å². The number of hydrogen-bond acceptors (Lipinski definition) is 4. The van der Waals surface area contributed by atoms with E-state index in [0.29, 0.717) is 11.3 Å². The molecule has 0 unspecified atom stereocenters. The van der Waals surface area contributed by atoms with Gasteiger partial charge in [-0.05, 0) is 18.2 Å². The summed E-state index contributed by atoms with van der Waals surface area (Å²) in [5, 5.41) is 12.1. The van der Waals surface area contributed by atoms with E-state index in [9.17, 15) is 4.39 Å². The minimum Gasteiger partial charge on any atom is -0.410 e. The smallest absolute Gasteiger partial charge is 0.132 e. The van der Waals surface area contributed by atoms with Crippen LogP contribution in [0.4, 0.5) is 10.1 Å². The minimum atomic E-state index is -0.483. The molecule has 5 heteroatoms. The van der Waals surface area contributed by atoms with Crippen LogP contribution in [0.2, 0.25) is 0 Å². The van der Waals surface area contributed by atoms with Crippen molar-refractivity contribution in [2.75, 3.05) is 5.73 Å². The first-order chi connectivity index (χ1) is 8.24. The van der Waals surface area contributed by atoms with Crippen molar-refractivity contribution in [1.29, 1.82) is 0 Å². The SMILES string of the molecule is Nc1ccncc1/C(=N/O)c1ccccc1F. The Kier molecular flexibility index (Phi) is 3.00. The molecule has 0 saturated heterocycles. The Morgan fingerprint density at radius 1 is 1.24 bits per heavy atom. The highest BCUT2D eigenvalue weighted by molar-refractivity contribution is 6.15. The number of nitrogens with two attached hydrogens (primary N) is 1. The summed E-state index contributed by atoms with van der Waals surface area (Å²) in [6, 6.07) is 7.56. The number of rotatable bonds is 2. The molecule has 0 spiro atoms. The Labute approximate surface area is 97.2 Å². The largest absolute Gasteiger partial charge is 0.410 e. The predicted molar refractivity (Wildman–Crippen MR) is 62.5 cm³/mol. The van der Waals surface area contributed by atoms with Crippen molar-refractivity contribution < 1.29 is 9.60 Å². The normalized spacial score (nSPS) is 11.5. The van der Waals surface area contributed by atoms with Crippen LogP contribution in [0.5, 0.6) is 0 Å². The van der Waals surface area contributed by atoms with E-state index in [1.165, 1.54) is 24.5 Å². The zero-order valence-corrected chi connectivity index (χ0v) is 8.84. The van der Waals surface area contributed by atoms with Gasteiger partial charge in [-0.25, -0.2) is 4.39 Å². The molecule has 2 rings (SSSR count). The topological polar surface area (TPSA) is 71.5 Å². The molecule has 1 aromatic heterocycles. The second-order valence-electron chi connectivity index (χ2n) is 3.39. The first-order valence-electron chi connectivity index (χ1n) is 4.91. The molecule has 0 radical (unpaired) electrons. The molecule has 0 aliphatic heterocycles. The fraction of sp³-hybridized carbons (Fsp3) is 0. The average Bonchev–Trinajstić information content (AvgIpc) is 2.34. The third-order valence-electron chi connectivity index (χ3n) is 2.34. The summed E-state index contributed by atoms with van der Waals surface area (Å²) >= 11 is 0. The number of pyridine rings is 1. The van der Waals surface area contributed by atoms with Gasteiger partial charge in [-0.1, -0.05) is 17.3 Å². The monoisotopic (exact) mass is 231 g/mol. The van der Waals surface area contributed by atoms with E-state index in [1.807, 2.05) is 0 Å². The van der Waals surface area contributed by atoms with Crippen molar-refractivity contribution in [3.63, 3.8) is 0 Å². The van der Waals surface area contributed by atoms with Crippen LogP contribution in [-0.4, -0.2) is 15.9 Å². The molecule has 0 amide bonds. The van der Waals surface area contributed by atoms with Gasteiger partial charge in [0.15, 0.2) is 0 Å². The second kappa shape index (κ2) is 4.61. The van der Waals surface area contributed by atoms with Gasteiger partial charge < -0.3 is 10.9 Å². The summed E-state index contributed by atoms with van der Waals surface area (Å²) in [4.78, 5) is 3.88. The van der Waals surface area contributed by atoms with Crippen LogP contribution in [0.1, 0.15) is 11.1 Å². The summed E-state index contributed by atoms with van der Waals surface area (Å²) in [5.74, 6) is -0.483. The molecule has 2 aromatic rings. The maximum absolute atomic E-state index is 13.6.